The van der Waals surface area contributed by atoms with Gasteiger partial charge < -0.3 is 30.2 Å². The second kappa shape index (κ2) is 5.10. The van der Waals surface area contributed by atoms with Crippen LogP contribution in [0.15, 0.2) is 0 Å². The lowest BCUT2D eigenvalue weighted by Gasteiger charge is -2.38. The molecule has 1 rings (SSSR count). The zero-order chi connectivity index (χ0) is 12.5. The molecule has 0 saturated heterocycles. The van der Waals surface area contributed by atoms with Gasteiger partial charge in [-0.25, -0.2) is 0 Å². The van der Waals surface area contributed by atoms with Gasteiger partial charge in [-0.2, -0.15) is 0 Å². The summed E-state index contributed by atoms with van der Waals surface area (Å²) in [5.74, 6) is -0.624. The van der Waals surface area contributed by atoms with E-state index in [4.69, 9.17) is 9.79 Å². The van der Waals surface area contributed by atoms with E-state index < -0.39 is 44.1 Å². The van der Waals surface area contributed by atoms with E-state index in [1.54, 1.807) is 0 Å². The lowest BCUT2D eigenvalue weighted by atomic mass is 9.79. The first-order valence-corrected chi connectivity index (χ1v) is 6.79. The van der Waals surface area contributed by atoms with E-state index >= 15 is 0 Å². The van der Waals surface area contributed by atoms with Gasteiger partial charge in [0.1, 0.15) is 12.2 Å². The molecule has 5 atom stereocenters. The van der Waals surface area contributed by atoms with Crippen LogP contribution < -0.4 is 0 Å². The molecule has 1 saturated carbocycles. The highest BCUT2D eigenvalue weighted by Gasteiger charge is 2.42. The van der Waals surface area contributed by atoms with Crippen molar-refractivity contribution in [3.63, 3.8) is 0 Å². The molecule has 0 radical (unpaired) electrons. The first kappa shape index (κ1) is 14.1. The third kappa shape index (κ3) is 3.49. The summed E-state index contributed by atoms with van der Waals surface area (Å²) in [5, 5.41) is 37.5. The standard InChI is InChI=1S/C8H17O7P/c9-5-3-4(1-2-16(13,14)15)6(10)8(12)7(5)11/h4-12H,1-3H2,(H2,13,14,15)/t4-,5-,6+,7+,8-/m0/s1. The summed E-state index contributed by atoms with van der Waals surface area (Å²) in [7, 11) is -4.15. The predicted octanol–water partition coefficient (Wildman–Crippen LogP) is -1.98. The summed E-state index contributed by atoms with van der Waals surface area (Å²) >= 11 is 0. The van der Waals surface area contributed by atoms with Crippen molar-refractivity contribution in [2.45, 2.75) is 37.3 Å². The lowest BCUT2D eigenvalue weighted by molar-refractivity contribution is -0.157. The first-order chi connectivity index (χ1) is 7.22. The molecule has 1 aliphatic rings. The second-order valence-electron chi connectivity index (χ2n) is 4.21. The Kier molecular flexibility index (Phi) is 4.48. The van der Waals surface area contributed by atoms with Crippen molar-refractivity contribution in [3.8, 4) is 0 Å². The van der Waals surface area contributed by atoms with Crippen molar-refractivity contribution in [2.75, 3.05) is 6.16 Å². The molecule has 0 aromatic carbocycles. The molecular weight excluding hydrogens is 239 g/mol. The Morgan fingerprint density at radius 3 is 2.06 bits per heavy atom. The van der Waals surface area contributed by atoms with Crippen molar-refractivity contribution >= 4 is 7.60 Å². The van der Waals surface area contributed by atoms with E-state index in [1.165, 1.54) is 0 Å². The average molecular weight is 256 g/mol. The topological polar surface area (TPSA) is 138 Å². The lowest BCUT2D eigenvalue weighted by Crippen LogP contribution is -2.53. The van der Waals surface area contributed by atoms with Gasteiger partial charge in [-0.05, 0) is 18.8 Å². The molecule has 0 amide bonds. The number of aliphatic hydroxyl groups is 4. The Bertz CT molecular complexity index is 278. The first-order valence-electron chi connectivity index (χ1n) is 4.99. The fraction of sp³-hybridized carbons (Fsp3) is 1.00. The quantitative estimate of drug-likeness (QED) is 0.322. The Morgan fingerprint density at radius 2 is 1.56 bits per heavy atom. The smallest absolute Gasteiger partial charge is 0.325 e. The molecule has 0 spiro atoms. The minimum absolute atomic E-state index is 0.00765. The normalized spacial score (nSPS) is 41.0. The van der Waals surface area contributed by atoms with Crippen molar-refractivity contribution in [3.05, 3.63) is 0 Å². The summed E-state index contributed by atoms with van der Waals surface area (Å²) in [4.78, 5) is 17.3. The highest BCUT2D eigenvalue weighted by atomic mass is 31.2. The van der Waals surface area contributed by atoms with Crippen LogP contribution in [-0.2, 0) is 4.57 Å². The Balaban J connectivity index is 2.57. The third-order valence-electron chi connectivity index (χ3n) is 2.91. The molecule has 0 unspecified atom stereocenters. The van der Waals surface area contributed by atoms with Crippen LogP contribution in [0, 0.1) is 5.92 Å². The van der Waals surface area contributed by atoms with Crippen LogP contribution in [-0.4, -0.2) is 60.8 Å². The molecule has 0 heterocycles. The van der Waals surface area contributed by atoms with Gasteiger partial charge in [-0.1, -0.05) is 0 Å². The fourth-order valence-corrected chi connectivity index (χ4v) is 2.59. The van der Waals surface area contributed by atoms with E-state index in [-0.39, 0.29) is 12.8 Å². The van der Waals surface area contributed by atoms with Crippen molar-refractivity contribution < 1.29 is 34.8 Å². The maximum atomic E-state index is 10.6. The molecular formula is C8H17O7P. The SMILES string of the molecule is O=P(O)(O)CC[C@H]1C[C@H](O)[C@@H](O)[C@@H](O)[C@@H]1O. The number of rotatable bonds is 3. The molecule has 1 aliphatic carbocycles. The minimum atomic E-state index is -4.15. The monoisotopic (exact) mass is 256 g/mol. The van der Waals surface area contributed by atoms with Crippen LogP contribution in [0.4, 0.5) is 0 Å². The molecule has 96 valence electrons. The summed E-state index contributed by atoms with van der Waals surface area (Å²) in [5.41, 5.74) is 0. The molecule has 6 N–H and O–H groups in total. The van der Waals surface area contributed by atoms with Crippen LogP contribution in [0.1, 0.15) is 12.8 Å². The Hall–Kier alpha value is -0.0100. The number of aliphatic hydroxyl groups excluding tert-OH is 4. The van der Waals surface area contributed by atoms with Gasteiger partial charge in [0.25, 0.3) is 0 Å². The Morgan fingerprint density at radius 1 is 1.00 bits per heavy atom. The van der Waals surface area contributed by atoms with Crippen LogP contribution in [0.2, 0.25) is 0 Å². The average Bonchev–Trinajstić information content (AvgIpc) is 2.17. The van der Waals surface area contributed by atoms with Gasteiger partial charge in [0, 0.05) is 0 Å². The fourth-order valence-electron chi connectivity index (χ4n) is 1.92. The molecule has 16 heavy (non-hydrogen) atoms. The highest BCUT2D eigenvalue weighted by Crippen LogP contribution is 2.38. The van der Waals surface area contributed by atoms with Gasteiger partial charge in [0.05, 0.1) is 18.4 Å². The summed E-state index contributed by atoms with van der Waals surface area (Å²) in [6, 6.07) is 0. The van der Waals surface area contributed by atoms with E-state index in [0.29, 0.717) is 0 Å². The zero-order valence-electron chi connectivity index (χ0n) is 8.55. The summed E-state index contributed by atoms with van der Waals surface area (Å²) in [6.07, 6.45) is -5.76. The van der Waals surface area contributed by atoms with Gasteiger partial charge >= 0.3 is 7.60 Å². The molecule has 8 heteroatoms. The van der Waals surface area contributed by atoms with E-state index in [1.807, 2.05) is 0 Å². The summed E-state index contributed by atoms with van der Waals surface area (Å²) < 4.78 is 10.6. The zero-order valence-corrected chi connectivity index (χ0v) is 9.44. The second-order valence-corrected chi connectivity index (χ2v) is 5.99. The molecule has 1 fully saturated rings. The predicted molar refractivity (Wildman–Crippen MR) is 53.7 cm³/mol. The van der Waals surface area contributed by atoms with Gasteiger partial charge in [-0.15, -0.1) is 0 Å². The Labute approximate surface area is 92.5 Å². The van der Waals surface area contributed by atoms with Crippen LogP contribution in [0.5, 0.6) is 0 Å². The highest BCUT2D eigenvalue weighted by molar-refractivity contribution is 7.51. The molecule has 0 bridgehead atoms. The third-order valence-corrected chi connectivity index (χ3v) is 3.75. The van der Waals surface area contributed by atoms with Crippen LogP contribution in [0.25, 0.3) is 0 Å². The molecule has 0 aromatic rings. The maximum Gasteiger partial charge on any atom is 0.325 e. The van der Waals surface area contributed by atoms with Crippen LogP contribution in [0.3, 0.4) is 0 Å². The molecule has 0 aromatic heterocycles. The van der Waals surface area contributed by atoms with Crippen molar-refractivity contribution in [1.29, 1.82) is 0 Å². The van der Waals surface area contributed by atoms with Crippen molar-refractivity contribution in [2.24, 2.45) is 5.92 Å². The van der Waals surface area contributed by atoms with E-state index in [2.05, 4.69) is 0 Å². The van der Waals surface area contributed by atoms with Crippen LogP contribution >= 0.6 is 7.60 Å². The number of hydrogen-bond acceptors (Lipinski definition) is 5. The van der Waals surface area contributed by atoms with E-state index in [0.717, 1.165) is 0 Å². The van der Waals surface area contributed by atoms with Gasteiger partial charge in [0.15, 0.2) is 0 Å². The largest absolute Gasteiger partial charge is 0.390 e. The number of hydrogen-bond donors (Lipinski definition) is 6. The molecule has 7 nitrogen and oxygen atoms in total. The minimum Gasteiger partial charge on any atom is -0.390 e. The van der Waals surface area contributed by atoms with Gasteiger partial charge in [0.2, 0.25) is 0 Å². The van der Waals surface area contributed by atoms with E-state index in [9.17, 15) is 25.0 Å². The maximum absolute atomic E-state index is 10.6. The van der Waals surface area contributed by atoms with Gasteiger partial charge in [-0.3, -0.25) is 4.57 Å². The summed E-state index contributed by atoms with van der Waals surface area (Å²) in [6.45, 7) is 0. The molecule has 0 aliphatic heterocycles. The van der Waals surface area contributed by atoms with Crippen molar-refractivity contribution in [1.82, 2.24) is 0 Å².